The number of hydrogen-bond acceptors (Lipinski definition) is 4. The Bertz CT molecular complexity index is 724. The minimum Gasteiger partial charge on any atom is -0.493 e. The van der Waals surface area contributed by atoms with E-state index in [2.05, 4.69) is 9.97 Å². The maximum atomic E-state index is 5.98. The van der Waals surface area contributed by atoms with E-state index >= 15 is 0 Å². The highest BCUT2D eigenvalue weighted by Gasteiger charge is 2.12. The molecule has 0 unspecified atom stereocenters. The lowest BCUT2D eigenvalue weighted by Crippen LogP contribution is -1.90. The molecule has 1 aromatic heterocycles. The Morgan fingerprint density at radius 2 is 1.75 bits per heavy atom. The third kappa shape index (κ3) is 1.93. The lowest BCUT2D eigenvalue weighted by atomic mass is 10.2. The molecular weight excluding hydrogens is 254 g/mol. The topological polar surface area (TPSA) is 73.2 Å². The van der Waals surface area contributed by atoms with E-state index in [1.54, 1.807) is 14.2 Å². The van der Waals surface area contributed by atoms with E-state index in [-0.39, 0.29) is 0 Å². The van der Waals surface area contributed by atoms with Gasteiger partial charge in [-0.15, -0.1) is 0 Å². The first kappa shape index (κ1) is 12.3. The van der Waals surface area contributed by atoms with Gasteiger partial charge in [0.25, 0.3) is 0 Å². The highest BCUT2D eigenvalue weighted by molar-refractivity contribution is 5.85. The number of nitrogens with one attached hydrogen (secondary N) is 1. The number of H-pyrrole nitrogens is 1. The number of hydrogen-bond donors (Lipinski definition) is 2. The van der Waals surface area contributed by atoms with E-state index in [0.717, 1.165) is 22.4 Å². The van der Waals surface area contributed by atoms with Crippen molar-refractivity contribution < 1.29 is 9.47 Å². The van der Waals surface area contributed by atoms with Gasteiger partial charge in [0, 0.05) is 23.4 Å². The minimum atomic E-state index is 0.652. The molecule has 5 heteroatoms. The van der Waals surface area contributed by atoms with Crippen LogP contribution < -0.4 is 15.2 Å². The van der Waals surface area contributed by atoms with Crippen LogP contribution in [0.3, 0.4) is 0 Å². The zero-order valence-corrected chi connectivity index (χ0v) is 11.3. The molecule has 0 fully saturated rings. The highest BCUT2D eigenvalue weighted by Crippen LogP contribution is 2.33. The molecule has 1 heterocycles. The number of fused-ring (bicyclic) bond motifs is 1. The SMILES string of the molecule is COc1cc2nc(-c3ccccc3N)[nH]c2cc1OC. The molecule has 0 saturated carbocycles. The van der Waals surface area contributed by atoms with Gasteiger partial charge in [0.05, 0.1) is 25.3 Å². The summed E-state index contributed by atoms with van der Waals surface area (Å²) in [6.07, 6.45) is 0. The predicted octanol–water partition coefficient (Wildman–Crippen LogP) is 2.83. The fourth-order valence-electron chi connectivity index (χ4n) is 2.18. The normalized spacial score (nSPS) is 10.7. The lowest BCUT2D eigenvalue weighted by Gasteiger charge is -2.06. The summed E-state index contributed by atoms with van der Waals surface area (Å²) in [5.74, 6) is 2.05. The number of ether oxygens (including phenoxy) is 2. The van der Waals surface area contributed by atoms with Crippen LogP contribution >= 0.6 is 0 Å². The summed E-state index contributed by atoms with van der Waals surface area (Å²) in [7, 11) is 3.21. The number of anilines is 1. The number of aromatic nitrogens is 2. The van der Waals surface area contributed by atoms with Gasteiger partial charge in [-0.3, -0.25) is 0 Å². The number of imidazole rings is 1. The van der Waals surface area contributed by atoms with E-state index in [1.807, 2.05) is 36.4 Å². The summed E-state index contributed by atoms with van der Waals surface area (Å²) in [5.41, 5.74) is 9.22. The average molecular weight is 269 g/mol. The van der Waals surface area contributed by atoms with Crippen molar-refractivity contribution in [1.29, 1.82) is 0 Å². The Balaban J connectivity index is 2.18. The molecule has 0 spiro atoms. The van der Waals surface area contributed by atoms with Crippen LogP contribution in [0.2, 0.25) is 0 Å². The van der Waals surface area contributed by atoms with Gasteiger partial charge in [-0.2, -0.15) is 0 Å². The minimum absolute atomic E-state index is 0.652. The van der Waals surface area contributed by atoms with E-state index in [1.165, 1.54) is 0 Å². The molecule has 2 aromatic carbocycles. The zero-order chi connectivity index (χ0) is 14.1. The lowest BCUT2D eigenvalue weighted by molar-refractivity contribution is 0.356. The molecule has 5 nitrogen and oxygen atoms in total. The summed E-state index contributed by atoms with van der Waals surface area (Å²) in [6, 6.07) is 11.3. The summed E-state index contributed by atoms with van der Waals surface area (Å²) >= 11 is 0. The second-order valence-electron chi connectivity index (χ2n) is 4.40. The van der Waals surface area contributed by atoms with E-state index in [0.29, 0.717) is 17.2 Å². The monoisotopic (exact) mass is 269 g/mol. The van der Waals surface area contributed by atoms with Crippen LogP contribution in [0.25, 0.3) is 22.4 Å². The number of nitrogens with two attached hydrogens (primary N) is 1. The second kappa shape index (κ2) is 4.77. The maximum absolute atomic E-state index is 5.98. The van der Waals surface area contributed by atoms with Crippen LogP contribution in [-0.4, -0.2) is 24.2 Å². The number of rotatable bonds is 3. The molecule has 3 rings (SSSR count). The zero-order valence-electron chi connectivity index (χ0n) is 11.3. The standard InChI is InChI=1S/C15H15N3O2/c1-19-13-7-11-12(8-14(13)20-2)18-15(17-11)9-5-3-4-6-10(9)16/h3-8H,16H2,1-2H3,(H,17,18). The molecule has 0 aliphatic heterocycles. The van der Waals surface area contributed by atoms with Gasteiger partial charge < -0.3 is 20.2 Å². The number of nitrogen functional groups attached to an aromatic ring is 1. The van der Waals surface area contributed by atoms with Crippen molar-refractivity contribution in [3.05, 3.63) is 36.4 Å². The second-order valence-corrected chi connectivity index (χ2v) is 4.40. The van der Waals surface area contributed by atoms with Crippen molar-refractivity contribution in [2.24, 2.45) is 0 Å². The van der Waals surface area contributed by atoms with Crippen LogP contribution in [0.4, 0.5) is 5.69 Å². The molecule has 102 valence electrons. The van der Waals surface area contributed by atoms with E-state index in [9.17, 15) is 0 Å². The maximum Gasteiger partial charge on any atom is 0.163 e. The number of methoxy groups -OCH3 is 2. The molecule has 0 aliphatic carbocycles. The Hall–Kier alpha value is -2.69. The van der Waals surface area contributed by atoms with Gasteiger partial charge in [-0.05, 0) is 12.1 Å². The fraction of sp³-hybridized carbons (Fsp3) is 0.133. The van der Waals surface area contributed by atoms with Crippen molar-refractivity contribution in [2.45, 2.75) is 0 Å². The van der Waals surface area contributed by atoms with E-state index in [4.69, 9.17) is 15.2 Å². The van der Waals surface area contributed by atoms with Gasteiger partial charge in [0.2, 0.25) is 0 Å². The molecule has 3 aromatic rings. The number of nitrogens with zero attached hydrogens (tertiary/aromatic N) is 1. The molecule has 20 heavy (non-hydrogen) atoms. The number of aromatic amines is 1. The molecule has 0 atom stereocenters. The molecule has 0 aliphatic rings. The van der Waals surface area contributed by atoms with Crippen molar-refractivity contribution in [3.63, 3.8) is 0 Å². The van der Waals surface area contributed by atoms with Crippen LogP contribution in [0, 0.1) is 0 Å². The first-order chi connectivity index (χ1) is 9.72. The first-order valence-corrected chi connectivity index (χ1v) is 6.19. The summed E-state index contributed by atoms with van der Waals surface area (Å²) < 4.78 is 10.6. The van der Waals surface area contributed by atoms with Gasteiger partial charge >= 0.3 is 0 Å². The van der Waals surface area contributed by atoms with Crippen molar-refractivity contribution in [2.75, 3.05) is 20.0 Å². The molecule has 0 bridgehead atoms. The summed E-state index contributed by atoms with van der Waals surface area (Å²) in [5, 5.41) is 0. The molecule has 3 N–H and O–H groups in total. The quantitative estimate of drug-likeness (QED) is 0.717. The fourth-order valence-corrected chi connectivity index (χ4v) is 2.18. The predicted molar refractivity (Wildman–Crippen MR) is 79.0 cm³/mol. The molecule has 0 amide bonds. The van der Waals surface area contributed by atoms with Gasteiger partial charge in [0.15, 0.2) is 11.5 Å². The van der Waals surface area contributed by atoms with Crippen LogP contribution in [0.5, 0.6) is 11.5 Å². The third-order valence-corrected chi connectivity index (χ3v) is 3.20. The third-order valence-electron chi connectivity index (χ3n) is 3.20. The first-order valence-electron chi connectivity index (χ1n) is 6.19. The molecule has 0 saturated heterocycles. The Morgan fingerprint density at radius 3 is 2.45 bits per heavy atom. The van der Waals surface area contributed by atoms with Crippen molar-refractivity contribution >= 4 is 16.7 Å². The molecular formula is C15H15N3O2. The van der Waals surface area contributed by atoms with Crippen LogP contribution in [-0.2, 0) is 0 Å². The van der Waals surface area contributed by atoms with Crippen molar-refractivity contribution in [1.82, 2.24) is 9.97 Å². The van der Waals surface area contributed by atoms with Gasteiger partial charge in [-0.25, -0.2) is 4.98 Å². The van der Waals surface area contributed by atoms with Crippen LogP contribution in [0.15, 0.2) is 36.4 Å². The summed E-state index contributed by atoms with van der Waals surface area (Å²) in [4.78, 5) is 7.81. The van der Waals surface area contributed by atoms with Crippen molar-refractivity contribution in [3.8, 4) is 22.9 Å². The Labute approximate surface area is 116 Å². The Kier molecular flexibility index (Phi) is 2.95. The average Bonchev–Trinajstić information content (AvgIpc) is 2.88. The molecule has 0 radical (unpaired) electrons. The van der Waals surface area contributed by atoms with Crippen LogP contribution in [0.1, 0.15) is 0 Å². The summed E-state index contributed by atoms with van der Waals surface area (Å²) in [6.45, 7) is 0. The smallest absolute Gasteiger partial charge is 0.163 e. The largest absolute Gasteiger partial charge is 0.493 e. The van der Waals surface area contributed by atoms with E-state index < -0.39 is 0 Å². The number of benzene rings is 2. The highest BCUT2D eigenvalue weighted by atomic mass is 16.5. The van der Waals surface area contributed by atoms with Gasteiger partial charge in [0.1, 0.15) is 5.82 Å². The number of para-hydroxylation sites is 1. The Morgan fingerprint density at radius 1 is 1.05 bits per heavy atom. The van der Waals surface area contributed by atoms with Gasteiger partial charge in [-0.1, -0.05) is 12.1 Å².